The molecule has 2 N–H and O–H groups in total. The molecule has 178 valence electrons. The van der Waals surface area contributed by atoms with Gasteiger partial charge in [0.1, 0.15) is 12.1 Å². The first-order valence-corrected chi connectivity index (χ1v) is 12.1. The Morgan fingerprint density at radius 3 is 2.26 bits per heavy atom. The van der Waals surface area contributed by atoms with Crippen LogP contribution in [0.3, 0.4) is 0 Å². The summed E-state index contributed by atoms with van der Waals surface area (Å²) in [6.45, 7) is 2.56. The number of carboxylic acids is 1. The number of hydrogen-bond donors (Lipinski definition) is 2. The lowest BCUT2D eigenvalue weighted by molar-refractivity contribution is -0.160. The fourth-order valence-electron chi connectivity index (χ4n) is 5.91. The molecule has 3 aliphatic rings. The zero-order valence-electron chi connectivity index (χ0n) is 19.3. The van der Waals surface area contributed by atoms with Crippen molar-refractivity contribution in [3.8, 4) is 11.1 Å². The van der Waals surface area contributed by atoms with Gasteiger partial charge in [0.25, 0.3) is 0 Å². The van der Waals surface area contributed by atoms with Crippen LogP contribution in [0.5, 0.6) is 0 Å². The minimum Gasteiger partial charge on any atom is -0.479 e. The quantitative estimate of drug-likeness (QED) is 0.672. The van der Waals surface area contributed by atoms with Gasteiger partial charge in [-0.1, -0.05) is 55.5 Å². The number of alkyl carbamates (subject to hydrolysis) is 1. The number of amides is 2. The molecular formula is C27H30N2O5. The summed E-state index contributed by atoms with van der Waals surface area (Å²) in [4.78, 5) is 38.9. The third-order valence-corrected chi connectivity index (χ3v) is 7.89. The Kier molecular flexibility index (Phi) is 5.80. The van der Waals surface area contributed by atoms with Gasteiger partial charge in [-0.3, -0.25) is 4.79 Å². The molecule has 1 saturated heterocycles. The number of fused-ring (bicyclic) bond motifs is 3. The maximum atomic E-state index is 13.0. The van der Waals surface area contributed by atoms with Crippen LogP contribution in [-0.4, -0.2) is 52.7 Å². The Labute approximate surface area is 199 Å². The first-order chi connectivity index (χ1) is 16.4. The highest BCUT2D eigenvalue weighted by Crippen LogP contribution is 2.44. The van der Waals surface area contributed by atoms with E-state index in [1.54, 1.807) is 4.90 Å². The summed E-state index contributed by atoms with van der Waals surface area (Å²) in [5.74, 6) is -1.27. The maximum Gasteiger partial charge on any atom is 0.407 e. The van der Waals surface area contributed by atoms with Crippen LogP contribution < -0.4 is 5.32 Å². The Bertz CT molecular complexity index is 1080. The molecule has 2 amide bonds. The number of rotatable bonds is 6. The number of likely N-dealkylation sites (tertiary alicyclic amines) is 1. The molecule has 1 saturated carbocycles. The molecule has 0 bridgehead atoms. The van der Waals surface area contributed by atoms with E-state index >= 15 is 0 Å². The summed E-state index contributed by atoms with van der Waals surface area (Å²) in [6.07, 6.45) is 2.16. The van der Waals surface area contributed by atoms with Crippen LogP contribution in [0.15, 0.2) is 48.5 Å². The van der Waals surface area contributed by atoms with Gasteiger partial charge in [-0.05, 0) is 54.4 Å². The molecule has 2 aromatic carbocycles. The van der Waals surface area contributed by atoms with Crippen LogP contribution in [0.25, 0.3) is 11.1 Å². The lowest BCUT2D eigenvalue weighted by Gasteiger charge is -2.41. The van der Waals surface area contributed by atoms with Gasteiger partial charge < -0.3 is 20.1 Å². The van der Waals surface area contributed by atoms with E-state index in [0.717, 1.165) is 11.1 Å². The first kappa shape index (κ1) is 22.4. The average molecular weight is 463 g/mol. The van der Waals surface area contributed by atoms with Gasteiger partial charge in [-0.15, -0.1) is 0 Å². The van der Waals surface area contributed by atoms with Crippen molar-refractivity contribution >= 4 is 18.0 Å². The molecule has 34 heavy (non-hydrogen) atoms. The molecule has 1 heterocycles. The predicted molar refractivity (Wildman–Crippen MR) is 126 cm³/mol. The summed E-state index contributed by atoms with van der Waals surface area (Å²) in [5.41, 5.74) is 3.60. The zero-order valence-corrected chi connectivity index (χ0v) is 19.3. The van der Waals surface area contributed by atoms with Crippen LogP contribution in [0, 0.1) is 5.92 Å². The lowest BCUT2D eigenvalue weighted by atomic mass is 9.78. The molecule has 0 radical (unpaired) electrons. The van der Waals surface area contributed by atoms with Crippen LogP contribution in [-0.2, 0) is 14.3 Å². The number of carboxylic acid groups (broad SMARTS) is 1. The highest BCUT2D eigenvalue weighted by atomic mass is 16.5. The van der Waals surface area contributed by atoms with Crippen molar-refractivity contribution in [3.05, 3.63) is 59.7 Å². The number of benzene rings is 2. The van der Waals surface area contributed by atoms with Gasteiger partial charge in [0, 0.05) is 24.4 Å². The molecule has 1 unspecified atom stereocenters. The van der Waals surface area contributed by atoms with E-state index in [1.165, 1.54) is 11.1 Å². The highest BCUT2D eigenvalue weighted by Gasteiger charge is 2.51. The third kappa shape index (κ3) is 3.63. The summed E-state index contributed by atoms with van der Waals surface area (Å²) < 4.78 is 5.60. The van der Waals surface area contributed by atoms with E-state index in [2.05, 4.69) is 29.6 Å². The third-order valence-electron chi connectivity index (χ3n) is 7.89. The lowest BCUT2D eigenvalue weighted by Crippen LogP contribution is -2.57. The fourth-order valence-corrected chi connectivity index (χ4v) is 5.91. The van der Waals surface area contributed by atoms with E-state index in [-0.39, 0.29) is 30.4 Å². The molecule has 2 fully saturated rings. The van der Waals surface area contributed by atoms with Crippen molar-refractivity contribution in [2.24, 2.45) is 5.92 Å². The Morgan fingerprint density at radius 2 is 1.68 bits per heavy atom. The van der Waals surface area contributed by atoms with Gasteiger partial charge >= 0.3 is 12.1 Å². The van der Waals surface area contributed by atoms with Gasteiger partial charge in [0.05, 0.1) is 0 Å². The van der Waals surface area contributed by atoms with Crippen LogP contribution in [0.4, 0.5) is 4.79 Å². The second-order valence-electron chi connectivity index (χ2n) is 9.62. The van der Waals surface area contributed by atoms with E-state index in [9.17, 15) is 19.5 Å². The molecular weight excluding hydrogens is 432 g/mol. The second kappa shape index (κ2) is 8.78. The minimum absolute atomic E-state index is 0.00205. The molecule has 0 aromatic heterocycles. The number of carbonyl (C=O) groups excluding carboxylic acids is 2. The number of nitrogens with one attached hydrogen (secondary N) is 1. The van der Waals surface area contributed by atoms with Crippen molar-refractivity contribution in [3.63, 3.8) is 0 Å². The molecule has 0 spiro atoms. The van der Waals surface area contributed by atoms with E-state index in [1.807, 2.05) is 31.2 Å². The van der Waals surface area contributed by atoms with Gasteiger partial charge in [-0.2, -0.15) is 0 Å². The normalized spacial score (nSPS) is 25.3. The van der Waals surface area contributed by atoms with Crippen molar-refractivity contribution in [2.45, 2.75) is 56.5 Å². The van der Waals surface area contributed by atoms with Crippen molar-refractivity contribution in [2.75, 3.05) is 13.2 Å². The largest absolute Gasteiger partial charge is 0.479 e. The number of ether oxygens (including phenoxy) is 1. The number of aliphatic carboxylic acids is 1. The van der Waals surface area contributed by atoms with Crippen molar-refractivity contribution < 1.29 is 24.2 Å². The van der Waals surface area contributed by atoms with Crippen LogP contribution in [0.1, 0.15) is 56.1 Å². The maximum absolute atomic E-state index is 13.0. The standard InChI is InChI=1S/C27H30N2O5/c1-2-27(25(31)32)12-7-13-29(27)24(30)17-14-18(15-17)28-26(33)34-16-23-21-10-5-3-8-19(21)20-9-4-6-11-22(20)23/h3-6,8-11,17-18,23H,2,7,12-16H2,1H3,(H,28,33)(H,31,32). The summed E-state index contributed by atoms with van der Waals surface area (Å²) in [6, 6.07) is 16.3. The molecule has 7 heteroatoms. The molecule has 2 aliphatic carbocycles. The molecule has 1 atom stereocenters. The van der Waals surface area contributed by atoms with E-state index < -0.39 is 17.6 Å². The van der Waals surface area contributed by atoms with Gasteiger partial charge in [0.15, 0.2) is 0 Å². The average Bonchev–Trinajstić information content (AvgIpc) is 3.40. The topological polar surface area (TPSA) is 95.9 Å². The SMILES string of the molecule is CCC1(C(=O)O)CCCN1C(=O)C1CC(NC(=O)OCC2c3ccccc3-c3ccccc32)C1. The Balaban J connectivity index is 1.14. The Hall–Kier alpha value is -3.35. The zero-order chi connectivity index (χ0) is 23.9. The van der Waals surface area contributed by atoms with Gasteiger partial charge in [-0.25, -0.2) is 9.59 Å². The highest BCUT2D eigenvalue weighted by molar-refractivity contribution is 5.89. The van der Waals surface area contributed by atoms with E-state index in [0.29, 0.717) is 38.6 Å². The summed E-state index contributed by atoms with van der Waals surface area (Å²) in [7, 11) is 0. The first-order valence-electron chi connectivity index (χ1n) is 12.1. The summed E-state index contributed by atoms with van der Waals surface area (Å²) >= 11 is 0. The minimum atomic E-state index is -1.08. The molecule has 5 rings (SSSR count). The molecule has 7 nitrogen and oxygen atoms in total. The predicted octanol–water partition coefficient (Wildman–Crippen LogP) is 4.16. The number of carbonyl (C=O) groups is 3. The van der Waals surface area contributed by atoms with Crippen LogP contribution in [0.2, 0.25) is 0 Å². The molecule has 2 aromatic rings. The van der Waals surface area contributed by atoms with Gasteiger partial charge in [0.2, 0.25) is 5.91 Å². The summed E-state index contributed by atoms with van der Waals surface area (Å²) in [5, 5.41) is 12.6. The number of hydrogen-bond acceptors (Lipinski definition) is 4. The van der Waals surface area contributed by atoms with Crippen molar-refractivity contribution in [1.29, 1.82) is 0 Å². The Morgan fingerprint density at radius 1 is 1.06 bits per heavy atom. The fraction of sp³-hybridized carbons (Fsp3) is 0.444. The molecule has 1 aliphatic heterocycles. The second-order valence-corrected chi connectivity index (χ2v) is 9.62. The smallest absolute Gasteiger partial charge is 0.407 e. The van der Waals surface area contributed by atoms with Crippen LogP contribution >= 0.6 is 0 Å². The van der Waals surface area contributed by atoms with Crippen molar-refractivity contribution in [1.82, 2.24) is 10.2 Å². The monoisotopic (exact) mass is 462 g/mol. The van der Waals surface area contributed by atoms with E-state index in [4.69, 9.17) is 4.74 Å². The number of nitrogens with zero attached hydrogens (tertiary/aromatic N) is 1.